The Hall–Kier alpha value is -0.860. The van der Waals surface area contributed by atoms with Gasteiger partial charge in [0.1, 0.15) is 0 Å². The average molecular weight is 527 g/mol. The Bertz CT molecular complexity index is 730. The molecule has 0 spiro atoms. The number of hydrogen-bond donors (Lipinski definition) is 2. The van der Waals surface area contributed by atoms with E-state index in [4.69, 9.17) is 4.74 Å². The van der Waals surface area contributed by atoms with Crippen molar-refractivity contribution in [3.05, 3.63) is 35.4 Å². The Balaban J connectivity index is 0.00000256. The van der Waals surface area contributed by atoms with E-state index >= 15 is 0 Å². The van der Waals surface area contributed by atoms with Gasteiger partial charge < -0.3 is 15.4 Å². The summed E-state index contributed by atoms with van der Waals surface area (Å²) in [5, 5.41) is 7.45. The molecule has 3 atom stereocenters. The smallest absolute Gasteiger partial charge is 0.191 e. The van der Waals surface area contributed by atoms with Crippen molar-refractivity contribution in [1.29, 1.82) is 0 Å². The molecule has 1 aromatic carbocycles. The number of rotatable bonds is 4. The Morgan fingerprint density at radius 1 is 1.17 bits per heavy atom. The fraction of sp³-hybridized carbons (Fsp3) is 0.708. The van der Waals surface area contributed by atoms with E-state index in [1.165, 1.54) is 24.0 Å². The van der Waals surface area contributed by atoms with E-state index < -0.39 is 0 Å². The Labute approximate surface area is 199 Å². The van der Waals surface area contributed by atoms with E-state index in [1.807, 2.05) is 7.05 Å². The van der Waals surface area contributed by atoms with Crippen LogP contribution in [0.1, 0.15) is 50.7 Å². The van der Waals surface area contributed by atoms with Gasteiger partial charge in [-0.1, -0.05) is 38.1 Å². The van der Waals surface area contributed by atoms with E-state index in [0.717, 1.165) is 45.0 Å². The molecule has 1 saturated carbocycles. The van der Waals surface area contributed by atoms with Crippen LogP contribution in [-0.2, 0) is 11.3 Å². The molecule has 3 fully saturated rings. The molecule has 30 heavy (non-hydrogen) atoms. The number of aryl methyl sites for hydroxylation is 1. The van der Waals surface area contributed by atoms with Crippen LogP contribution in [0.25, 0.3) is 0 Å². The first-order chi connectivity index (χ1) is 14.0. The molecule has 6 heteroatoms. The summed E-state index contributed by atoms with van der Waals surface area (Å²) in [6, 6.07) is 9.68. The summed E-state index contributed by atoms with van der Waals surface area (Å²) in [5.74, 6) is 1.58. The van der Waals surface area contributed by atoms with Crippen molar-refractivity contribution in [3.8, 4) is 0 Å². The van der Waals surface area contributed by atoms with E-state index in [2.05, 4.69) is 65.6 Å². The van der Waals surface area contributed by atoms with Crippen LogP contribution in [0.15, 0.2) is 29.3 Å². The van der Waals surface area contributed by atoms with Crippen LogP contribution in [0.5, 0.6) is 0 Å². The molecule has 0 amide bonds. The van der Waals surface area contributed by atoms with Crippen LogP contribution in [-0.4, -0.2) is 55.8 Å². The Morgan fingerprint density at radius 3 is 2.60 bits per heavy atom. The molecule has 168 valence electrons. The number of fused-ring (bicyclic) bond motifs is 1. The number of ether oxygens (including phenoxy) is 1. The number of nitrogens with one attached hydrogen (secondary N) is 2. The van der Waals surface area contributed by atoms with Gasteiger partial charge in [-0.25, -0.2) is 0 Å². The van der Waals surface area contributed by atoms with Crippen LogP contribution >= 0.6 is 24.0 Å². The first kappa shape index (κ1) is 23.8. The molecule has 3 aliphatic rings. The van der Waals surface area contributed by atoms with Crippen molar-refractivity contribution >= 4 is 29.9 Å². The highest BCUT2D eigenvalue weighted by atomic mass is 127. The van der Waals surface area contributed by atoms with Crippen molar-refractivity contribution in [1.82, 2.24) is 15.5 Å². The normalized spacial score (nSPS) is 29.3. The van der Waals surface area contributed by atoms with Gasteiger partial charge in [0.2, 0.25) is 0 Å². The summed E-state index contributed by atoms with van der Waals surface area (Å²) >= 11 is 0. The molecule has 1 aromatic rings. The number of aliphatic imine (C=N–C) groups is 1. The second-order valence-corrected chi connectivity index (χ2v) is 9.73. The second kappa shape index (κ2) is 10.2. The lowest BCUT2D eigenvalue weighted by atomic mass is 9.55. The monoisotopic (exact) mass is 526 g/mol. The predicted molar refractivity (Wildman–Crippen MR) is 135 cm³/mol. The molecule has 2 N–H and O–H groups in total. The summed E-state index contributed by atoms with van der Waals surface area (Å²) in [6.45, 7) is 11.1. The summed E-state index contributed by atoms with van der Waals surface area (Å²) in [4.78, 5) is 7.12. The maximum atomic E-state index is 6.05. The SMILES string of the molecule is CN=C(NC1CCN(Cc2ccccc2C)CC1)NC1C2CCCOC2C1(C)C.I. The molecule has 4 rings (SSSR count). The first-order valence-electron chi connectivity index (χ1n) is 11.4. The number of halogens is 1. The van der Waals surface area contributed by atoms with Crippen molar-refractivity contribution in [2.75, 3.05) is 26.7 Å². The fourth-order valence-electron chi connectivity index (χ4n) is 5.59. The third-order valence-corrected chi connectivity index (χ3v) is 7.43. The van der Waals surface area contributed by atoms with Crippen LogP contribution in [0.2, 0.25) is 0 Å². The third kappa shape index (κ3) is 4.96. The predicted octanol–water partition coefficient (Wildman–Crippen LogP) is 3.95. The van der Waals surface area contributed by atoms with E-state index in [-0.39, 0.29) is 29.4 Å². The molecule has 5 nitrogen and oxygen atoms in total. The summed E-state index contributed by atoms with van der Waals surface area (Å²) in [7, 11) is 1.89. The summed E-state index contributed by atoms with van der Waals surface area (Å²) < 4.78 is 6.05. The number of piperidine rings is 1. The molecule has 3 unspecified atom stereocenters. The van der Waals surface area contributed by atoms with Crippen LogP contribution in [0.4, 0.5) is 0 Å². The maximum Gasteiger partial charge on any atom is 0.191 e. The highest BCUT2D eigenvalue weighted by Gasteiger charge is 2.58. The Morgan fingerprint density at radius 2 is 1.90 bits per heavy atom. The second-order valence-electron chi connectivity index (χ2n) is 9.73. The van der Waals surface area contributed by atoms with Crippen LogP contribution in [0.3, 0.4) is 0 Å². The van der Waals surface area contributed by atoms with Crippen molar-refractivity contribution in [3.63, 3.8) is 0 Å². The lowest BCUT2D eigenvalue weighted by Crippen LogP contribution is -2.71. The zero-order chi connectivity index (χ0) is 20.4. The first-order valence-corrected chi connectivity index (χ1v) is 11.4. The van der Waals surface area contributed by atoms with Gasteiger partial charge in [0.05, 0.1) is 6.10 Å². The number of guanidine groups is 1. The minimum Gasteiger partial charge on any atom is -0.377 e. The Kier molecular flexibility index (Phi) is 8.07. The number of benzene rings is 1. The van der Waals surface area contributed by atoms with Gasteiger partial charge in [-0.15, -0.1) is 24.0 Å². The standard InChI is InChI=1S/C24H38N4O.HI/c1-17-8-5-6-9-18(17)16-28-13-11-19(12-14-28)26-23(25-4)27-21-20-10-7-15-29-22(20)24(21,2)3;/h5-6,8-9,19-22H,7,10-16H2,1-4H3,(H2,25,26,27);1H. The molecule has 2 aliphatic heterocycles. The zero-order valence-electron chi connectivity index (χ0n) is 19.0. The van der Waals surface area contributed by atoms with Crippen LogP contribution < -0.4 is 10.6 Å². The number of nitrogens with zero attached hydrogens (tertiary/aromatic N) is 2. The highest BCUT2D eigenvalue weighted by molar-refractivity contribution is 14.0. The van der Waals surface area contributed by atoms with E-state index in [9.17, 15) is 0 Å². The quantitative estimate of drug-likeness (QED) is 0.355. The molecule has 2 heterocycles. The lowest BCUT2D eigenvalue weighted by Gasteiger charge is -2.60. The van der Waals surface area contributed by atoms with Gasteiger partial charge in [0.15, 0.2) is 5.96 Å². The fourth-order valence-corrected chi connectivity index (χ4v) is 5.59. The summed E-state index contributed by atoms with van der Waals surface area (Å²) in [5.41, 5.74) is 3.01. The number of hydrogen-bond acceptors (Lipinski definition) is 3. The zero-order valence-corrected chi connectivity index (χ0v) is 21.3. The number of likely N-dealkylation sites (tertiary alicyclic amines) is 1. The largest absolute Gasteiger partial charge is 0.377 e. The van der Waals surface area contributed by atoms with Gasteiger partial charge in [-0.3, -0.25) is 9.89 Å². The molecular formula is C24H39IN4O. The van der Waals surface area contributed by atoms with Gasteiger partial charge in [-0.2, -0.15) is 0 Å². The van der Waals surface area contributed by atoms with Crippen molar-refractivity contribution in [2.45, 2.75) is 71.2 Å². The molecule has 2 saturated heterocycles. The topological polar surface area (TPSA) is 48.9 Å². The molecule has 0 radical (unpaired) electrons. The van der Waals surface area contributed by atoms with Crippen LogP contribution in [0, 0.1) is 18.3 Å². The minimum absolute atomic E-state index is 0. The molecule has 1 aliphatic carbocycles. The van der Waals surface area contributed by atoms with Gasteiger partial charge in [0.25, 0.3) is 0 Å². The van der Waals surface area contributed by atoms with Crippen molar-refractivity contribution < 1.29 is 4.74 Å². The van der Waals surface area contributed by atoms with Gasteiger partial charge >= 0.3 is 0 Å². The van der Waals surface area contributed by atoms with E-state index in [0.29, 0.717) is 24.1 Å². The third-order valence-electron chi connectivity index (χ3n) is 7.43. The van der Waals surface area contributed by atoms with Crippen molar-refractivity contribution in [2.24, 2.45) is 16.3 Å². The van der Waals surface area contributed by atoms with Gasteiger partial charge in [-0.05, 0) is 43.7 Å². The minimum atomic E-state index is 0. The molecule has 0 bridgehead atoms. The molecular weight excluding hydrogens is 487 g/mol. The lowest BCUT2D eigenvalue weighted by molar-refractivity contribution is -0.188. The highest BCUT2D eigenvalue weighted by Crippen LogP contribution is 2.51. The van der Waals surface area contributed by atoms with E-state index in [1.54, 1.807) is 0 Å². The van der Waals surface area contributed by atoms with Gasteiger partial charge in [0, 0.05) is 56.7 Å². The maximum absolute atomic E-state index is 6.05. The molecule has 0 aromatic heterocycles. The summed E-state index contributed by atoms with van der Waals surface area (Å²) in [6.07, 6.45) is 5.17. The average Bonchev–Trinajstić information content (AvgIpc) is 2.74.